The van der Waals surface area contributed by atoms with Crippen molar-refractivity contribution in [1.29, 1.82) is 0 Å². The molecule has 0 radical (unpaired) electrons. The first-order valence-electron chi connectivity index (χ1n) is 8.61. The highest BCUT2D eigenvalue weighted by atomic mass is 16.6. The van der Waals surface area contributed by atoms with E-state index < -0.39 is 16.5 Å². The Balaban J connectivity index is 1.61. The number of nitrogens with zero attached hydrogens (tertiary/aromatic N) is 1. The van der Waals surface area contributed by atoms with E-state index in [2.05, 4.69) is 0 Å². The monoisotopic (exact) mass is 387 g/mol. The van der Waals surface area contributed by atoms with Gasteiger partial charge in [-0.15, -0.1) is 0 Å². The molecule has 0 aliphatic rings. The fourth-order valence-corrected chi connectivity index (χ4v) is 2.86. The van der Waals surface area contributed by atoms with Gasteiger partial charge in [-0.05, 0) is 35.9 Å². The summed E-state index contributed by atoms with van der Waals surface area (Å²) >= 11 is 0. The summed E-state index contributed by atoms with van der Waals surface area (Å²) in [4.78, 5) is 34.7. The molecule has 7 nitrogen and oxygen atoms in total. The lowest BCUT2D eigenvalue weighted by molar-refractivity contribution is -0.384. The van der Waals surface area contributed by atoms with E-state index >= 15 is 0 Å². The van der Waals surface area contributed by atoms with Gasteiger partial charge < -0.3 is 9.15 Å². The number of carbonyl (C=O) groups is 1. The van der Waals surface area contributed by atoms with Crippen LogP contribution in [0.25, 0.3) is 22.1 Å². The van der Waals surface area contributed by atoms with Crippen molar-refractivity contribution in [1.82, 2.24) is 0 Å². The number of ether oxygens (including phenoxy) is 1. The minimum atomic E-state index is -0.678. The molecule has 0 atom stereocenters. The maximum absolute atomic E-state index is 12.3. The fourth-order valence-electron chi connectivity index (χ4n) is 2.86. The molecule has 3 aromatic carbocycles. The van der Waals surface area contributed by atoms with E-state index in [4.69, 9.17) is 9.15 Å². The Kier molecular flexibility index (Phi) is 4.62. The zero-order valence-electron chi connectivity index (χ0n) is 14.9. The summed E-state index contributed by atoms with van der Waals surface area (Å²) in [5, 5.41) is 11.4. The van der Waals surface area contributed by atoms with Gasteiger partial charge in [-0.3, -0.25) is 10.1 Å². The van der Waals surface area contributed by atoms with E-state index in [1.54, 1.807) is 18.2 Å². The van der Waals surface area contributed by atoms with Crippen molar-refractivity contribution in [3.63, 3.8) is 0 Å². The number of rotatable bonds is 4. The van der Waals surface area contributed by atoms with E-state index in [1.807, 2.05) is 30.3 Å². The van der Waals surface area contributed by atoms with E-state index in [-0.39, 0.29) is 22.6 Å². The first kappa shape index (κ1) is 18.1. The van der Waals surface area contributed by atoms with Gasteiger partial charge in [-0.2, -0.15) is 0 Å². The Bertz CT molecular complexity index is 1280. The van der Waals surface area contributed by atoms with E-state index in [0.29, 0.717) is 10.9 Å². The van der Waals surface area contributed by atoms with Gasteiger partial charge >= 0.3 is 11.6 Å². The van der Waals surface area contributed by atoms with Crippen LogP contribution in [0.3, 0.4) is 0 Å². The third kappa shape index (κ3) is 3.74. The number of carbonyl (C=O) groups excluding carboxylic acids is 1. The molecule has 0 saturated heterocycles. The minimum absolute atomic E-state index is 0.122. The largest absolute Gasteiger partial charge is 0.423 e. The van der Waals surface area contributed by atoms with Gasteiger partial charge in [0.15, 0.2) is 0 Å². The topological polar surface area (TPSA) is 99.7 Å². The second kappa shape index (κ2) is 7.40. The lowest BCUT2D eigenvalue weighted by Gasteiger charge is -2.06. The minimum Gasteiger partial charge on any atom is -0.423 e. The van der Waals surface area contributed by atoms with Crippen LogP contribution in [0.2, 0.25) is 0 Å². The molecule has 0 amide bonds. The normalized spacial score (nSPS) is 10.6. The predicted molar refractivity (Wildman–Crippen MR) is 106 cm³/mol. The third-order valence-corrected chi connectivity index (χ3v) is 4.32. The van der Waals surface area contributed by atoms with Crippen LogP contribution in [0.4, 0.5) is 5.69 Å². The standard InChI is InChI=1S/C22H13NO6/c24-21(15-6-9-17(10-7-15)23(26)27)28-18-11-8-16-12-19(14-4-2-1-3-5-14)22(25)29-20(16)13-18/h1-13H. The summed E-state index contributed by atoms with van der Waals surface area (Å²) in [6, 6.07) is 20.7. The Labute approximate surface area is 163 Å². The molecule has 29 heavy (non-hydrogen) atoms. The van der Waals surface area contributed by atoms with Gasteiger partial charge in [0, 0.05) is 23.6 Å². The molecule has 0 fully saturated rings. The fraction of sp³-hybridized carbons (Fsp3) is 0. The van der Waals surface area contributed by atoms with Gasteiger partial charge in [-0.1, -0.05) is 30.3 Å². The van der Waals surface area contributed by atoms with Crippen molar-refractivity contribution in [2.24, 2.45) is 0 Å². The van der Waals surface area contributed by atoms with E-state index in [0.717, 1.165) is 5.56 Å². The molecule has 1 heterocycles. The quantitative estimate of drug-likeness (QED) is 0.167. The van der Waals surface area contributed by atoms with Crippen LogP contribution < -0.4 is 10.4 Å². The van der Waals surface area contributed by atoms with E-state index in [1.165, 1.54) is 30.3 Å². The van der Waals surface area contributed by atoms with Crippen molar-refractivity contribution in [3.8, 4) is 16.9 Å². The van der Waals surface area contributed by atoms with Gasteiger partial charge in [0.1, 0.15) is 11.3 Å². The Morgan fingerprint density at radius 3 is 2.34 bits per heavy atom. The number of hydrogen-bond acceptors (Lipinski definition) is 6. The highest BCUT2D eigenvalue weighted by molar-refractivity contribution is 5.92. The molecular weight excluding hydrogens is 374 g/mol. The lowest BCUT2D eigenvalue weighted by atomic mass is 10.1. The van der Waals surface area contributed by atoms with Gasteiger partial charge in [-0.25, -0.2) is 9.59 Å². The molecule has 0 spiro atoms. The van der Waals surface area contributed by atoms with Crippen LogP contribution in [0.1, 0.15) is 10.4 Å². The Hall–Kier alpha value is -4.26. The second-order valence-corrected chi connectivity index (χ2v) is 6.21. The summed E-state index contributed by atoms with van der Waals surface area (Å²) in [6.45, 7) is 0. The molecule has 4 rings (SSSR count). The van der Waals surface area contributed by atoms with Crippen molar-refractivity contribution in [2.45, 2.75) is 0 Å². The van der Waals surface area contributed by atoms with Crippen LogP contribution in [0.15, 0.2) is 88.1 Å². The van der Waals surface area contributed by atoms with Gasteiger partial charge in [0.05, 0.1) is 16.1 Å². The summed E-state index contributed by atoms with van der Waals surface area (Å²) in [6.07, 6.45) is 0. The van der Waals surface area contributed by atoms with Crippen molar-refractivity contribution in [2.75, 3.05) is 0 Å². The first-order valence-corrected chi connectivity index (χ1v) is 8.61. The summed E-state index contributed by atoms with van der Waals surface area (Å²) < 4.78 is 10.7. The summed E-state index contributed by atoms with van der Waals surface area (Å²) in [7, 11) is 0. The van der Waals surface area contributed by atoms with Crippen LogP contribution in [-0.2, 0) is 0 Å². The molecule has 7 heteroatoms. The molecular formula is C22H13NO6. The second-order valence-electron chi connectivity index (χ2n) is 6.21. The molecule has 1 aromatic heterocycles. The molecule has 0 N–H and O–H groups in total. The van der Waals surface area contributed by atoms with Gasteiger partial charge in [0.25, 0.3) is 5.69 Å². The zero-order valence-corrected chi connectivity index (χ0v) is 14.9. The SMILES string of the molecule is O=C(Oc1ccc2cc(-c3ccccc3)c(=O)oc2c1)c1ccc([N+](=O)[O-])cc1. The van der Waals surface area contributed by atoms with Crippen LogP contribution >= 0.6 is 0 Å². The zero-order chi connectivity index (χ0) is 20.4. The number of fused-ring (bicyclic) bond motifs is 1. The molecule has 0 unspecified atom stereocenters. The van der Waals surface area contributed by atoms with Crippen LogP contribution in [-0.4, -0.2) is 10.9 Å². The van der Waals surface area contributed by atoms with Crippen molar-refractivity contribution in [3.05, 3.63) is 105 Å². The molecule has 142 valence electrons. The number of nitro groups is 1. The molecule has 0 aliphatic heterocycles. The third-order valence-electron chi connectivity index (χ3n) is 4.32. The smallest absolute Gasteiger partial charge is 0.344 e. The maximum atomic E-state index is 12.3. The number of benzene rings is 3. The predicted octanol–water partition coefficient (Wildman–Crippen LogP) is 4.59. The Morgan fingerprint density at radius 1 is 0.931 bits per heavy atom. The van der Waals surface area contributed by atoms with Crippen molar-refractivity contribution >= 4 is 22.6 Å². The molecule has 0 saturated carbocycles. The van der Waals surface area contributed by atoms with Gasteiger partial charge in [0.2, 0.25) is 0 Å². The first-order chi connectivity index (χ1) is 14.0. The van der Waals surface area contributed by atoms with E-state index in [9.17, 15) is 19.7 Å². The summed E-state index contributed by atoms with van der Waals surface area (Å²) in [5.41, 5.74) is 1.01. The Morgan fingerprint density at radius 2 is 1.66 bits per heavy atom. The lowest BCUT2D eigenvalue weighted by Crippen LogP contribution is -2.08. The average molecular weight is 387 g/mol. The number of non-ortho nitro benzene ring substituents is 1. The number of esters is 1. The number of hydrogen-bond donors (Lipinski definition) is 0. The van der Waals surface area contributed by atoms with Crippen LogP contribution in [0.5, 0.6) is 5.75 Å². The number of nitro benzene ring substituents is 1. The summed E-state index contributed by atoms with van der Waals surface area (Å²) in [5.74, 6) is -0.487. The molecule has 0 aliphatic carbocycles. The highest BCUT2D eigenvalue weighted by Gasteiger charge is 2.13. The molecule has 0 bridgehead atoms. The average Bonchev–Trinajstić information content (AvgIpc) is 2.74. The van der Waals surface area contributed by atoms with Crippen molar-refractivity contribution < 1.29 is 18.9 Å². The highest BCUT2D eigenvalue weighted by Crippen LogP contribution is 2.25. The maximum Gasteiger partial charge on any atom is 0.344 e. The molecule has 4 aromatic rings. The van der Waals surface area contributed by atoms with Crippen LogP contribution in [0, 0.1) is 10.1 Å².